The van der Waals surface area contributed by atoms with Gasteiger partial charge in [-0.1, -0.05) is 80.1 Å². The maximum absolute atomic E-state index is 12.8. The molecule has 0 N–H and O–H groups in total. The van der Waals surface area contributed by atoms with E-state index >= 15 is 0 Å². The highest BCUT2D eigenvalue weighted by Crippen LogP contribution is 2.31. The Bertz CT molecular complexity index is 787. The van der Waals surface area contributed by atoms with E-state index in [1.807, 2.05) is 30.3 Å². The van der Waals surface area contributed by atoms with E-state index in [2.05, 4.69) is 43.3 Å². The molecule has 0 atom stereocenters. The van der Waals surface area contributed by atoms with Gasteiger partial charge in [0.05, 0.1) is 0 Å². The number of fused-ring (bicyclic) bond motifs is 1. The maximum Gasteiger partial charge on any atom is 0.164 e. The third kappa shape index (κ3) is 2.80. The van der Waals surface area contributed by atoms with Gasteiger partial charge in [-0.3, -0.25) is 4.79 Å². The number of Topliss-reactive ketones (excluding diaryl/α,β-unsaturated/α-hetero) is 1. The van der Waals surface area contributed by atoms with Crippen molar-refractivity contribution < 1.29 is 4.79 Å². The number of rotatable bonds is 5. The summed E-state index contributed by atoms with van der Waals surface area (Å²) in [4.78, 5) is 12.8. The zero-order valence-electron chi connectivity index (χ0n) is 12.9. The molecule has 0 bridgehead atoms. The molecule has 0 saturated heterocycles. The number of unbranched alkanes of at least 4 members (excludes halogenated alkanes) is 1. The molecule has 0 fully saturated rings. The third-order valence-electron chi connectivity index (χ3n) is 4.05. The standard InChI is InChI=1S/C21H20O/c1-2-3-13-20(22)21-18-12-8-7-11-17(18)14-15-19(21)16-9-5-4-6-10-16/h4-12,14-15H,2-3,13H2,1H3. The van der Waals surface area contributed by atoms with Crippen LogP contribution in [0.5, 0.6) is 0 Å². The minimum Gasteiger partial charge on any atom is -0.294 e. The average Bonchev–Trinajstić information content (AvgIpc) is 2.59. The molecule has 3 rings (SSSR count). The highest BCUT2D eigenvalue weighted by atomic mass is 16.1. The summed E-state index contributed by atoms with van der Waals surface area (Å²) in [6.07, 6.45) is 2.60. The van der Waals surface area contributed by atoms with Crippen LogP contribution < -0.4 is 0 Å². The van der Waals surface area contributed by atoms with Crippen LogP contribution in [0.1, 0.15) is 36.5 Å². The van der Waals surface area contributed by atoms with Gasteiger partial charge in [-0.2, -0.15) is 0 Å². The van der Waals surface area contributed by atoms with Gasteiger partial charge in [0.25, 0.3) is 0 Å². The van der Waals surface area contributed by atoms with Crippen molar-refractivity contribution in [1.29, 1.82) is 0 Å². The van der Waals surface area contributed by atoms with E-state index in [1.54, 1.807) is 0 Å². The second-order valence-electron chi connectivity index (χ2n) is 5.60. The van der Waals surface area contributed by atoms with E-state index < -0.39 is 0 Å². The summed E-state index contributed by atoms with van der Waals surface area (Å²) < 4.78 is 0. The predicted molar refractivity (Wildman–Crippen MR) is 93.2 cm³/mol. The molecule has 0 heterocycles. The summed E-state index contributed by atoms with van der Waals surface area (Å²) in [5.41, 5.74) is 3.02. The lowest BCUT2D eigenvalue weighted by Crippen LogP contribution is -2.03. The van der Waals surface area contributed by atoms with Gasteiger partial charge in [0.2, 0.25) is 0 Å². The Kier molecular flexibility index (Phi) is 4.34. The molecule has 22 heavy (non-hydrogen) atoms. The van der Waals surface area contributed by atoms with Gasteiger partial charge in [-0.05, 0) is 28.3 Å². The molecule has 0 aromatic heterocycles. The second-order valence-corrected chi connectivity index (χ2v) is 5.60. The first-order valence-corrected chi connectivity index (χ1v) is 7.91. The van der Waals surface area contributed by atoms with Gasteiger partial charge < -0.3 is 0 Å². The predicted octanol–water partition coefficient (Wildman–Crippen LogP) is 5.88. The fraction of sp³-hybridized carbons (Fsp3) is 0.190. The maximum atomic E-state index is 12.8. The topological polar surface area (TPSA) is 17.1 Å². The number of hydrogen-bond acceptors (Lipinski definition) is 1. The lowest BCUT2D eigenvalue weighted by molar-refractivity contribution is 0.0982. The number of carbonyl (C=O) groups is 1. The van der Waals surface area contributed by atoms with Crippen LogP contribution >= 0.6 is 0 Å². The van der Waals surface area contributed by atoms with Gasteiger partial charge in [0.15, 0.2) is 5.78 Å². The normalized spacial score (nSPS) is 10.8. The van der Waals surface area contributed by atoms with Crippen molar-refractivity contribution in [3.63, 3.8) is 0 Å². The SMILES string of the molecule is CCCCC(=O)c1c(-c2ccccc2)ccc2ccccc12. The van der Waals surface area contributed by atoms with Gasteiger partial charge in [-0.15, -0.1) is 0 Å². The highest BCUT2D eigenvalue weighted by molar-refractivity contribution is 6.13. The zero-order valence-corrected chi connectivity index (χ0v) is 12.9. The molecule has 0 aliphatic heterocycles. The first kappa shape index (κ1) is 14.5. The molecule has 110 valence electrons. The van der Waals surface area contributed by atoms with E-state index in [4.69, 9.17) is 0 Å². The van der Waals surface area contributed by atoms with E-state index in [1.165, 1.54) is 0 Å². The lowest BCUT2D eigenvalue weighted by atomic mass is 9.90. The van der Waals surface area contributed by atoms with Crippen molar-refractivity contribution >= 4 is 16.6 Å². The number of ketones is 1. The smallest absolute Gasteiger partial charge is 0.164 e. The zero-order chi connectivity index (χ0) is 15.4. The van der Waals surface area contributed by atoms with Crippen molar-refractivity contribution in [3.8, 4) is 11.1 Å². The summed E-state index contributed by atoms with van der Waals surface area (Å²) >= 11 is 0. The molecular formula is C21H20O. The minimum atomic E-state index is 0.248. The van der Waals surface area contributed by atoms with Gasteiger partial charge in [0, 0.05) is 12.0 Å². The van der Waals surface area contributed by atoms with Crippen LogP contribution in [0.15, 0.2) is 66.7 Å². The average molecular weight is 288 g/mol. The van der Waals surface area contributed by atoms with Gasteiger partial charge in [-0.25, -0.2) is 0 Å². The summed E-state index contributed by atoms with van der Waals surface area (Å²) in [6.45, 7) is 2.12. The fourth-order valence-corrected chi connectivity index (χ4v) is 2.89. The van der Waals surface area contributed by atoms with Gasteiger partial charge >= 0.3 is 0 Å². The molecule has 0 radical (unpaired) electrons. The second kappa shape index (κ2) is 6.57. The summed E-state index contributed by atoms with van der Waals surface area (Å²) in [5.74, 6) is 0.248. The van der Waals surface area contributed by atoms with Crippen molar-refractivity contribution in [2.24, 2.45) is 0 Å². The third-order valence-corrected chi connectivity index (χ3v) is 4.05. The van der Waals surface area contributed by atoms with Crippen molar-refractivity contribution in [3.05, 3.63) is 72.3 Å². The molecule has 0 saturated carbocycles. The fourth-order valence-electron chi connectivity index (χ4n) is 2.89. The van der Waals surface area contributed by atoms with E-state index in [-0.39, 0.29) is 5.78 Å². The van der Waals surface area contributed by atoms with Crippen LogP contribution in [0.2, 0.25) is 0 Å². The Morgan fingerprint density at radius 1 is 0.864 bits per heavy atom. The molecule has 1 heteroatoms. The summed E-state index contributed by atoms with van der Waals surface area (Å²) in [7, 11) is 0. The quantitative estimate of drug-likeness (QED) is 0.536. The molecule has 0 unspecified atom stereocenters. The number of carbonyl (C=O) groups excluding carboxylic acids is 1. The van der Waals surface area contributed by atoms with Crippen molar-refractivity contribution in [2.75, 3.05) is 0 Å². The Morgan fingerprint density at radius 2 is 1.59 bits per heavy atom. The van der Waals surface area contributed by atoms with Crippen LogP contribution in [-0.2, 0) is 0 Å². The Morgan fingerprint density at radius 3 is 2.36 bits per heavy atom. The Hall–Kier alpha value is -2.41. The van der Waals surface area contributed by atoms with Crippen LogP contribution in [0.25, 0.3) is 21.9 Å². The molecule has 1 nitrogen and oxygen atoms in total. The molecule has 0 aliphatic carbocycles. The van der Waals surface area contributed by atoms with E-state index in [0.29, 0.717) is 6.42 Å². The molecule has 0 aliphatic rings. The van der Waals surface area contributed by atoms with Crippen LogP contribution in [0.3, 0.4) is 0 Å². The largest absolute Gasteiger partial charge is 0.294 e. The van der Waals surface area contributed by atoms with Gasteiger partial charge in [0.1, 0.15) is 0 Å². The Balaban J connectivity index is 2.21. The first-order valence-electron chi connectivity index (χ1n) is 7.91. The minimum absolute atomic E-state index is 0.248. The van der Waals surface area contributed by atoms with Crippen LogP contribution in [0, 0.1) is 0 Å². The molecular weight excluding hydrogens is 268 g/mol. The molecule has 0 spiro atoms. The first-order chi connectivity index (χ1) is 10.8. The highest BCUT2D eigenvalue weighted by Gasteiger charge is 2.15. The van der Waals surface area contributed by atoms with Crippen molar-refractivity contribution in [2.45, 2.75) is 26.2 Å². The number of hydrogen-bond donors (Lipinski definition) is 0. The van der Waals surface area contributed by atoms with Crippen LogP contribution in [0.4, 0.5) is 0 Å². The Labute approximate surface area is 131 Å². The van der Waals surface area contributed by atoms with E-state index in [9.17, 15) is 4.79 Å². The van der Waals surface area contributed by atoms with Crippen LogP contribution in [-0.4, -0.2) is 5.78 Å². The van der Waals surface area contributed by atoms with Crippen molar-refractivity contribution in [1.82, 2.24) is 0 Å². The van der Waals surface area contributed by atoms with E-state index in [0.717, 1.165) is 40.3 Å². The molecule has 0 amide bonds. The molecule has 3 aromatic rings. The summed E-state index contributed by atoms with van der Waals surface area (Å²) in [5, 5.41) is 2.19. The lowest BCUT2D eigenvalue weighted by Gasteiger charge is -2.12. The molecule has 3 aromatic carbocycles. The monoisotopic (exact) mass is 288 g/mol. The summed E-state index contributed by atoms with van der Waals surface area (Å²) in [6, 6.07) is 22.5. The number of benzene rings is 3.